The molecule has 0 saturated carbocycles. The molecule has 0 aliphatic carbocycles. The first-order chi connectivity index (χ1) is 9.35. The Morgan fingerprint density at radius 1 is 1.50 bits per heavy atom. The summed E-state index contributed by atoms with van der Waals surface area (Å²) in [5.41, 5.74) is 6.38. The lowest BCUT2D eigenvalue weighted by atomic mass is 10.0. The maximum absolute atomic E-state index is 12.1. The number of anilines is 1. The summed E-state index contributed by atoms with van der Waals surface area (Å²) >= 11 is 5.92. The third-order valence-corrected chi connectivity index (χ3v) is 3.25. The quantitative estimate of drug-likeness (QED) is 0.702. The first-order valence-electron chi connectivity index (χ1n) is 6.44. The Kier molecular flexibility index (Phi) is 6.10. The molecule has 4 N–H and O–H groups in total. The van der Waals surface area contributed by atoms with Gasteiger partial charge in [0.1, 0.15) is 5.75 Å². The summed E-state index contributed by atoms with van der Waals surface area (Å²) in [6.45, 7) is 4.15. The van der Waals surface area contributed by atoms with Crippen LogP contribution >= 0.6 is 11.6 Å². The summed E-state index contributed by atoms with van der Waals surface area (Å²) in [4.78, 5) is 12.1. The molecule has 0 bridgehead atoms. The van der Waals surface area contributed by atoms with Crippen LogP contribution in [-0.4, -0.2) is 30.8 Å². The molecular weight excluding hydrogens is 280 g/mol. The number of amides is 1. The molecule has 1 rings (SSSR count). The molecule has 0 spiro atoms. The first-order valence-corrected chi connectivity index (χ1v) is 6.82. The van der Waals surface area contributed by atoms with Crippen LogP contribution in [0, 0.1) is 5.92 Å². The van der Waals surface area contributed by atoms with Crippen molar-refractivity contribution < 1.29 is 14.6 Å². The molecule has 0 radical (unpaired) electrons. The number of aliphatic hydroxyl groups excluding tert-OH is 1. The van der Waals surface area contributed by atoms with Crippen molar-refractivity contribution in [2.75, 3.05) is 19.4 Å². The van der Waals surface area contributed by atoms with Crippen molar-refractivity contribution in [3.05, 3.63) is 22.7 Å². The highest BCUT2D eigenvalue weighted by Gasteiger charge is 2.16. The maximum Gasteiger partial charge on any atom is 0.255 e. The van der Waals surface area contributed by atoms with Crippen molar-refractivity contribution in [2.24, 2.45) is 5.92 Å². The second kappa shape index (κ2) is 7.36. The molecule has 112 valence electrons. The molecule has 5 nitrogen and oxygen atoms in total. The Balaban J connectivity index is 2.75. The molecule has 0 heterocycles. The lowest BCUT2D eigenvalue weighted by Gasteiger charge is -2.15. The molecule has 1 aromatic carbocycles. The Hall–Kier alpha value is -1.46. The molecule has 0 saturated heterocycles. The number of methoxy groups -OCH3 is 1. The van der Waals surface area contributed by atoms with Crippen molar-refractivity contribution in [1.29, 1.82) is 0 Å². The van der Waals surface area contributed by atoms with E-state index in [1.807, 2.05) is 6.92 Å². The fourth-order valence-electron chi connectivity index (χ4n) is 1.94. The van der Waals surface area contributed by atoms with E-state index in [0.717, 1.165) is 0 Å². The fraction of sp³-hybridized carbons (Fsp3) is 0.500. The molecule has 0 aliphatic rings. The van der Waals surface area contributed by atoms with Crippen LogP contribution in [0.5, 0.6) is 5.75 Å². The minimum absolute atomic E-state index is 0.175. The van der Waals surface area contributed by atoms with Gasteiger partial charge in [0.05, 0.1) is 29.5 Å². The van der Waals surface area contributed by atoms with Crippen LogP contribution in [0.15, 0.2) is 12.1 Å². The van der Waals surface area contributed by atoms with Crippen LogP contribution in [0.3, 0.4) is 0 Å². The number of carbonyl (C=O) groups is 1. The van der Waals surface area contributed by atoms with Gasteiger partial charge in [-0.3, -0.25) is 4.79 Å². The Labute approximate surface area is 124 Å². The molecule has 6 heteroatoms. The number of benzene rings is 1. The molecular formula is C14H21ClN2O3. The van der Waals surface area contributed by atoms with Crippen molar-refractivity contribution in [2.45, 2.75) is 26.4 Å². The predicted molar refractivity (Wildman–Crippen MR) is 80.2 cm³/mol. The topological polar surface area (TPSA) is 84.6 Å². The van der Waals surface area contributed by atoms with Crippen LogP contribution in [0.2, 0.25) is 5.02 Å². The summed E-state index contributed by atoms with van der Waals surface area (Å²) < 4.78 is 5.13. The number of nitrogen functional groups attached to an aromatic ring is 1. The summed E-state index contributed by atoms with van der Waals surface area (Å²) in [6.07, 6.45) is 0.238. The number of aliphatic hydroxyl groups is 1. The third-order valence-electron chi connectivity index (χ3n) is 2.92. The molecule has 2 unspecified atom stereocenters. The summed E-state index contributed by atoms with van der Waals surface area (Å²) in [5.74, 6) is 0.281. The molecule has 0 fully saturated rings. The van der Waals surface area contributed by atoms with E-state index >= 15 is 0 Å². The molecule has 1 aromatic rings. The number of hydrogen-bond acceptors (Lipinski definition) is 4. The van der Waals surface area contributed by atoms with Gasteiger partial charge in [-0.2, -0.15) is 0 Å². The van der Waals surface area contributed by atoms with Crippen molar-refractivity contribution in [1.82, 2.24) is 5.32 Å². The summed E-state index contributed by atoms with van der Waals surface area (Å²) in [7, 11) is 1.47. The van der Waals surface area contributed by atoms with Crippen LogP contribution in [0.25, 0.3) is 0 Å². The Morgan fingerprint density at radius 3 is 2.70 bits per heavy atom. The van der Waals surface area contributed by atoms with Gasteiger partial charge in [-0.15, -0.1) is 0 Å². The highest BCUT2D eigenvalue weighted by atomic mass is 35.5. The van der Waals surface area contributed by atoms with Gasteiger partial charge in [0.2, 0.25) is 0 Å². The number of carbonyl (C=O) groups excluding carboxylic acids is 1. The number of rotatable bonds is 6. The van der Waals surface area contributed by atoms with Gasteiger partial charge in [0.25, 0.3) is 5.91 Å². The number of nitrogens with one attached hydrogen (secondary N) is 1. The Bertz CT molecular complexity index is 478. The smallest absolute Gasteiger partial charge is 0.255 e. The number of halogens is 1. The Morgan fingerprint density at radius 2 is 2.15 bits per heavy atom. The van der Waals surface area contributed by atoms with Crippen molar-refractivity contribution >= 4 is 23.2 Å². The van der Waals surface area contributed by atoms with Crippen LogP contribution in [0.1, 0.15) is 30.6 Å². The standard InChI is InChI=1S/C14H21ClN2O3/c1-8(4-9(2)18)7-17-14(19)10-5-11(15)12(16)6-13(10)20-3/h5-6,8-9,18H,4,7,16H2,1-3H3,(H,17,19). The molecule has 20 heavy (non-hydrogen) atoms. The van der Waals surface area contributed by atoms with Gasteiger partial charge in [-0.05, 0) is 25.3 Å². The average molecular weight is 301 g/mol. The van der Waals surface area contributed by atoms with E-state index in [1.54, 1.807) is 6.92 Å². The monoisotopic (exact) mass is 300 g/mol. The number of ether oxygens (including phenoxy) is 1. The second-order valence-electron chi connectivity index (χ2n) is 4.97. The van der Waals surface area contributed by atoms with Gasteiger partial charge >= 0.3 is 0 Å². The lowest BCUT2D eigenvalue weighted by molar-refractivity contribution is 0.0936. The van der Waals surface area contributed by atoms with Gasteiger partial charge in [0, 0.05) is 12.6 Å². The van der Waals surface area contributed by atoms with E-state index < -0.39 is 0 Å². The molecule has 0 aromatic heterocycles. The predicted octanol–water partition coefficient (Wildman–Crippen LogP) is 2.07. The van der Waals surface area contributed by atoms with E-state index in [0.29, 0.717) is 35.0 Å². The van der Waals surface area contributed by atoms with Gasteiger partial charge < -0.3 is 20.9 Å². The third kappa shape index (κ3) is 4.58. The fourth-order valence-corrected chi connectivity index (χ4v) is 2.11. The van der Waals surface area contributed by atoms with E-state index in [-0.39, 0.29) is 17.9 Å². The second-order valence-corrected chi connectivity index (χ2v) is 5.38. The van der Waals surface area contributed by atoms with Crippen molar-refractivity contribution in [3.8, 4) is 5.75 Å². The van der Waals surface area contributed by atoms with Gasteiger partial charge in [0.15, 0.2) is 0 Å². The zero-order valence-corrected chi connectivity index (χ0v) is 12.7. The highest BCUT2D eigenvalue weighted by molar-refractivity contribution is 6.33. The zero-order chi connectivity index (χ0) is 15.3. The van der Waals surface area contributed by atoms with Crippen molar-refractivity contribution in [3.63, 3.8) is 0 Å². The van der Waals surface area contributed by atoms with E-state index in [1.165, 1.54) is 19.2 Å². The lowest BCUT2D eigenvalue weighted by Crippen LogP contribution is -2.29. The largest absolute Gasteiger partial charge is 0.496 e. The SMILES string of the molecule is COc1cc(N)c(Cl)cc1C(=O)NCC(C)CC(C)O. The minimum atomic E-state index is -0.387. The number of hydrogen-bond donors (Lipinski definition) is 3. The highest BCUT2D eigenvalue weighted by Crippen LogP contribution is 2.28. The first kappa shape index (κ1) is 16.6. The number of nitrogens with two attached hydrogens (primary N) is 1. The van der Waals surface area contributed by atoms with Gasteiger partial charge in [-0.25, -0.2) is 0 Å². The van der Waals surface area contributed by atoms with E-state index in [4.69, 9.17) is 22.1 Å². The van der Waals surface area contributed by atoms with Crippen LogP contribution < -0.4 is 15.8 Å². The van der Waals surface area contributed by atoms with E-state index in [9.17, 15) is 9.90 Å². The zero-order valence-electron chi connectivity index (χ0n) is 11.9. The van der Waals surface area contributed by atoms with E-state index in [2.05, 4.69) is 5.32 Å². The normalized spacial score (nSPS) is 13.7. The minimum Gasteiger partial charge on any atom is -0.496 e. The summed E-state index contributed by atoms with van der Waals surface area (Å²) in [6, 6.07) is 3.01. The molecule has 2 atom stereocenters. The molecule has 0 aliphatic heterocycles. The maximum atomic E-state index is 12.1. The van der Waals surface area contributed by atoms with Gasteiger partial charge in [-0.1, -0.05) is 18.5 Å². The van der Waals surface area contributed by atoms with Crippen LogP contribution in [-0.2, 0) is 0 Å². The molecule has 1 amide bonds. The average Bonchev–Trinajstić information content (AvgIpc) is 2.37. The summed E-state index contributed by atoms with van der Waals surface area (Å²) in [5, 5.41) is 12.4. The van der Waals surface area contributed by atoms with Crippen LogP contribution in [0.4, 0.5) is 5.69 Å².